The number of hydrogen-bond donors (Lipinski definition) is 4. The summed E-state index contributed by atoms with van der Waals surface area (Å²) in [6, 6.07) is 12.3. The fraction of sp³-hybridized carbons (Fsp3) is 0.286. The van der Waals surface area contributed by atoms with Crippen LogP contribution in [0.5, 0.6) is 0 Å². The van der Waals surface area contributed by atoms with Crippen molar-refractivity contribution >= 4 is 56.5 Å². The predicted octanol–water partition coefficient (Wildman–Crippen LogP) is 3.38. The summed E-state index contributed by atoms with van der Waals surface area (Å²) in [4.78, 5) is 7.36. The number of aryl methyl sites for hydroxylation is 1. The quantitative estimate of drug-likeness (QED) is 0.193. The van der Waals surface area contributed by atoms with Gasteiger partial charge >= 0.3 is 0 Å². The van der Waals surface area contributed by atoms with Gasteiger partial charge < -0.3 is 15.6 Å². The van der Waals surface area contributed by atoms with Crippen LogP contribution < -0.4 is 15.4 Å². The molecule has 0 saturated carbocycles. The summed E-state index contributed by atoms with van der Waals surface area (Å²) in [6.07, 6.45) is 2.79. The second kappa shape index (κ2) is 11.3. The van der Waals surface area contributed by atoms with Crippen molar-refractivity contribution < 1.29 is 12.8 Å². The molecule has 0 bridgehead atoms. The number of anilines is 1. The van der Waals surface area contributed by atoms with Gasteiger partial charge in [-0.1, -0.05) is 24.3 Å². The lowest BCUT2D eigenvalue weighted by atomic mass is 10.1. The first-order valence-electron chi connectivity index (χ1n) is 9.64. The first-order chi connectivity index (χ1) is 14.4. The van der Waals surface area contributed by atoms with Gasteiger partial charge in [0, 0.05) is 37.2 Å². The second-order valence-corrected chi connectivity index (χ2v) is 8.76. The van der Waals surface area contributed by atoms with Crippen LogP contribution in [0.3, 0.4) is 0 Å². The summed E-state index contributed by atoms with van der Waals surface area (Å²) in [7, 11) is -1.99. The Morgan fingerprint density at radius 2 is 1.87 bits per heavy atom. The van der Waals surface area contributed by atoms with Crippen molar-refractivity contribution in [2.45, 2.75) is 13.3 Å². The number of fused-ring (bicyclic) bond motifs is 1. The number of guanidine groups is 1. The molecule has 31 heavy (non-hydrogen) atoms. The van der Waals surface area contributed by atoms with Crippen molar-refractivity contribution in [3.8, 4) is 0 Å². The molecule has 4 N–H and O–H groups in total. The average Bonchev–Trinajstić information content (AvgIpc) is 3.12. The Hall–Kier alpha value is -2.34. The summed E-state index contributed by atoms with van der Waals surface area (Å²) in [6.45, 7) is 2.43. The molecule has 0 atom stereocenters. The number of benzene rings is 2. The third kappa shape index (κ3) is 7.10. The molecule has 0 aliphatic heterocycles. The Morgan fingerprint density at radius 1 is 1.13 bits per heavy atom. The summed E-state index contributed by atoms with van der Waals surface area (Å²) in [5.74, 6) is -0.106. The number of nitrogens with one attached hydrogen (secondary N) is 4. The highest BCUT2D eigenvalue weighted by Gasteiger charge is 2.12. The van der Waals surface area contributed by atoms with Gasteiger partial charge in [-0.3, -0.25) is 9.71 Å². The molecule has 0 unspecified atom stereocenters. The van der Waals surface area contributed by atoms with Crippen LogP contribution in [0.1, 0.15) is 11.1 Å². The van der Waals surface area contributed by atoms with Crippen molar-refractivity contribution in [1.82, 2.24) is 15.6 Å². The molecule has 0 fully saturated rings. The average molecular weight is 559 g/mol. The van der Waals surface area contributed by atoms with E-state index in [2.05, 4.69) is 31.4 Å². The minimum Gasteiger partial charge on any atom is -0.361 e. The molecule has 3 aromatic rings. The summed E-state index contributed by atoms with van der Waals surface area (Å²) < 4.78 is 40.4. The number of sulfonamides is 1. The zero-order valence-corrected chi connectivity index (χ0v) is 20.6. The van der Waals surface area contributed by atoms with E-state index in [0.29, 0.717) is 18.1 Å². The van der Waals surface area contributed by atoms with Crippen LogP contribution in [-0.2, 0) is 16.4 Å². The van der Waals surface area contributed by atoms with Crippen LogP contribution in [0.4, 0.5) is 10.1 Å². The third-order valence-electron chi connectivity index (χ3n) is 4.69. The maximum absolute atomic E-state index is 13.6. The van der Waals surface area contributed by atoms with Crippen LogP contribution in [0, 0.1) is 12.7 Å². The molecule has 2 aromatic carbocycles. The van der Waals surface area contributed by atoms with Crippen molar-refractivity contribution in [2.75, 3.05) is 30.6 Å². The van der Waals surface area contributed by atoms with E-state index in [1.165, 1.54) is 29.1 Å². The highest BCUT2D eigenvalue weighted by molar-refractivity contribution is 14.0. The number of nitrogens with zero attached hydrogens (tertiary/aromatic N) is 1. The van der Waals surface area contributed by atoms with Gasteiger partial charge in [0.15, 0.2) is 5.96 Å². The van der Waals surface area contributed by atoms with Crippen LogP contribution in [0.2, 0.25) is 0 Å². The topological polar surface area (TPSA) is 98.4 Å². The molecule has 0 saturated heterocycles. The maximum atomic E-state index is 13.6. The Bertz CT molecular complexity index is 1150. The third-order valence-corrected chi connectivity index (χ3v) is 5.98. The number of aliphatic imine (C=N–C) groups is 1. The van der Waals surface area contributed by atoms with Gasteiger partial charge in [-0.05, 0) is 42.7 Å². The normalized spacial score (nSPS) is 11.8. The van der Waals surface area contributed by atoms with Crippen LogP contribution in [0.25, 0.3) is 10.9 Å². The molecule has 1 aromatic heterocycles. The van der Waals surface area contributed by atoms with Crippen molar-refractivity contribution in [2.24, 2.45) is 4.99 Å². The van der Waals surface area contributed by atoms with Crippen molar-refractivity contribution in [1.29, 1.82) is 0 Å². The van der Waals surface area contributed by atoms with Crippen LogP contribution in [-0.4, -0.2) is 45.3 Å². The number of H-pyrrole nitrogens is 1. The molecule has 3 rings (SSSR count). The van der Waals surface area contributed by atoms with E-state index in [0.717, 1.165) is 11.9 Å². The van der Waals surface area contributed by atoms with Crippen molar-refractivity contribution in [3.63, 3.8) is 0 Å². The second-order valence-electron chi connectivity index (χ2n) is 6.92. The standard InChI is InChI=1S/C21H26FN5O2S.HI/c1-15-7-8-17(13-19(15)22)27-30(28,29)12-11-25-21(23-2)24-10-9-16-14-26-20-6-4-3-5-18(16)20;/h3-8,13-14,26-27H,9-12H2,1-2H3,(H2,23,24,25);1H. The molecular formula is C21H27FIN5O2S. The molecule has 0 spiro atoms. The highest BCUT2D eigenvalue weighted by atomic mass is 127. The van der Waals surface area contributed by atoms with Gasteiger partial charge in [0.2, 0.25) is 10.0 Å². The zero-order valence-electron chi connectivity index (χ0n) is 17.4. The van der Waals surface area contributed by atoms with Crippen molar-refractivity contribution in [3.05, 3.63) is 65.6 Å². The molecule has 7 nitrogen and oxygen atoms in total. The SMILES string of the molecule is CN=C(NCCc1c[nH]c2ccccc12)NCCS(=O)(=O)Nc1ccc(C)c(F)c1.I. The van der Waals surface area contributed by atoms with Gasteiger partial charge in [-0.2, -0.15) is 0 Å². The first kappa shape index (κ1) is 24.9. The lowest BCUT2D eigenvalue weighted by molar-refractivity contribution is 0.599. The maximum Gasteiger partial charge on any atom is 0.234 e. The lowest BCUT2D eigenvalue weighted by Crippen LogP contribution is -2.40. The Balaban J connectivity index is 0.00000341. The minimum atomic E-state index is -3.61. The van der Waals surface area contributed by atoms with Gasteiger partial charge in [-0.15, -0.1) is 24.0 Å². The van der Waals surface area contributed by atoms with E-state index in [1.54, 1.807) is 14.0 Å². The van der Waals surface area contributed by atoms with Gasteiger partial charge in [0.05, 0.1) is 11.4 Å². The van der Waals surface area contributed by atoms with E-state index >= 15 is 0 Å². The van der Waals surface area contributed by atoms with Crippen LogP contribution >= 0.6 is 24.0 Å². The Kier molecular flexibility index (Phi) is 9.11. The fourth-order valence-corrected chi connectivity index (χ4v) is 4.02. The van der Waals surface area contributed by atoms with Crippen LogP contribution in [0.15, 0.2) is 53.7 Å². The molecule has 0 aliphatic carbocycles. The van der Waals surface area contributed by atoms with E-state index < -0.39 is 15.8 Å². The number of aromatic nitrogens is 1. The number of aromatic amines is 1. The number of halogens is 2. The van der Waals surface area contributed by atoms with E-state index in [-0.39, 0.29) is 42.0 Å². The summed E-state index contributed by atoms with van der Waals surface area (Å²) >= 11 is 0. The molecule has 1 heterocycles. The van der Waals surface area contributed by atoms with E-state index in [9.17, 15) is 12.8 Å². The van der Waals surface area contributed by atoms with E-state index in [4.69, 9.17) is 0 Å². The van der Waals surface area contributed by atoms with Gasteiger partial charge in [-0.25, -0.2) is 12.8 Å². The monoisotopic (exact) mass is 559 g/mol. The molecule has 168 valence electrons. The Morgan fingerprint density at radius 3 is 2.61 bits per heavy atom. The first-order valence-corrected chi connectivity index (χ1v) is 11.3. The largest absolute Gasteiger partial charge is 0.361 e. The summed E-state index contributed by atoms with van der Waals surface area (Å²) in [5.41, 5.74) is 2.97. The Labute approximate surface area is 199 Å². The summed E-state index contributed by atoms with van der Waals surface area (Å²) in [5, 5.41) is 7.36. The minimum absolute atomic E-state index is 0. The number of para-hydroxylation sites is 1. The van der Waals surface area contributed by atoms with E-state index in [1.807, 2.05) is 24.4 Å². The molecule has 0 aliphatic rings. The molecule has 10 heteroatoms. The number of hydrogen-bond acceptors (Lipinski definition) is 3. The molecule has 0 radical (unpaired) electrons. The molecule has 0 amide bonds. The smallest absolute Gasteiger partial charge is 0.234 e. The van der Waals surface area contributed by atoms with Gasteiger partial charge in [0.1, 0.15) is 5.82 Å². The predicted molar refractivity (Wildman–Crippen MR) is 135 cm³/mol. The fourth-order valence-electron chi connectivity index (χ4n) is 3.07. The zero-order chi connectivity index (χ0) is 21.6. The number of rotatable bonds is 8. The highest BCUT2D eigenvalue weighted by Crippen LogP contribution is 2.17. The lowest BCUT2D eigenvalue weighted by Gasteiger charge is -2.13. The molecular weight excluding hydrogens is 532 g/mol. The van der Waals surface area contributed by atoms with Gasteiger partial charge in [0.25, 0.3) is 0 Å².